The normalized spacial score (nSPS) is 32.0. The molecule has 0 aliphatic carbocycles. The van der Waals surface area contributed by atoms with Crippen molar-refractivity contribution >= 4 is 0 Å². The SMILES string of the molecule is CC1(C)OCC(CON2CCCCC2)O1. The van der Waals surface area contributed by atoms with E-state index in [1.807, 2.05) is 13.8 Å². The maximum atomic E-state index is 5.69. The third kappa shape index (κ3) is 3.41. The van der Waals surface area contributed by atoms with E-state index in [9.17, 15) is 0 Å². The van der Waals surface area contributed by atoms with Crippen LogP contribution >= 0.6 is 0 Å². The van der Waals surface area contributed by atoms with Gasteiger partial charge in [0.25, 0.3) is 0 Å². The molecule has 1 unspecified atom stereocenters. The van der Waals surface area contributed by atoms with Crippen molar-refractivity contribution in [2.75, 3.05) is 26.3 Å². The van der Waals surface area contributed by atoms with Gasteiger partial charge in [0.15, 0.2) is 5.79 Å². The number of hydrogen-bond donors (Lipinski definition) is 0. The summed E-state index contributed by atoms with van der Waals surface area (Å²) in [5.41, 5.74) is 0. The molecule has 0 spiro atoms. The fourth-order valence-corrected chi connectivity index (χ4v) is 2.03. The average molecular weight is 215 g/mol. The molecule has 2 aliphatic rings. The van der Waals surface area contributed by atoms with Crippen molar-refractivity contribution in [3.8, 4) is 0 Å². The van der Waals surface area contributed by atoms with Crippen LogP contribution < -0.4 is 0 Å². The minimum atomic E-state index is -0.435. The molecule has 0 N–H and O–H groups in total. The molecule has 0 bridgehead atoms. The van der Waals surface area contributed by atoms with Crippen LogP contribution in [0.25, 0.3) is 0 Å². The van der Waals surface area contributed by atoms with E-state index in [0.29, 0.717) is 13.2 Å². The van der Waals surface area contributed by atoms with Gasteiger partial charge in [-0.25, -0.2) is 0 Å². The van der Waals surface area contributed by atoms with E-state index in [2.05, 4.69) is 5.06 Å². The number of piperidine rings is 1. The molecule has 4 nitrogen and oxygen atoms in total. The summed E-state index contributed by atoms with van der Waals surface area (Å²) in [7, 11) is 0. The summed E-state index contributed by atoms with van der Waals surface area (Å²) in [5.74, 6) is -0.435. The van der Waals surface area contributed by atoms with Crippen molar-refractivity contribution in [1.82, 2.24) is 5.06 Å². The molecule has 2 fully saturated rings. The molecule has 2 aliphatic heterocycles. The summed E-state index contributed by atoms with van der Waals surface area (Å²) in [5, 5.41) is 2.05. The van der Waals surface area contributed by atoms with E-state index in [1.54, 1.807) is 0 Å². The van der Waals surface area contributed by atoms with Gasteiger partial charge in [-0.2, -0.15) is 5.06 Å². The molecule has 0 amide bonds. The highest BCUT2D eigenvalue weighted by molar-refractivity contribution is 4.70. The molecule has 2 rings (SSSR count). The van der Waals surface area contributed by atoms with Crippen LogP contribution in [0.4, 0.5) is 0 Å². The number of hydroxylamine groups is 2. The Morgan fingerprint density at radius 3 is 2.60 bits per heavy atom. The highest BCUT2D eigenvalue weighted by atomic mass is 16.8. The van der Waals surface area contributed by atoms with Crippen LogP contribution in [0.3, 0.4) is 0 Å². The quantitative estimate of drug-likeness (QED) is 0.715. The van der Waals surface area contributed by atoms with Crippen LogP contribution in [0, 0.1) is 0 Å². The van der Waals surface area contributed by atoms with Crippen LogP contribution in [0.1, 0.15) is 33.1 Å². The smallest absolute Gasteiger partial charge is 0.163 e. The molecule has 2 saturated heterocycles. The van der Waals surface area contributed by atoms with Crippen molar-refractivity contribution in [3.63, 3.8) is 0 Å². The second-order valence-electron chi connectivity index (χ2n) is 4.74. The van der Waals surface area contributed by atoms with Crippen molar-refractivity contribution in [3.05, 3.63) is 0 Å². The first kappa shape index (κ1) is 11.3. The molecular formula is C11H21NO3. The standard InChI is InChI=1S/C11H21NO3/c1-11(2)13-8-10(15-11)9-14-12-6-4-3-5-7-12/h10H,3-9H2,1-2H3. The van der Waals surface area contributed by atoms with Gasteiger partial charge in [-0.15, -0.1) is 0 Å². The van der Waals surface area contributed by atoms with Crippen molar-refractivity contribution in [2.45, 2.75) is 45.0 Å². The van der Waals surface area contributed by atoms with Crippen LogP contribution in [-0.2, 0) is 14.3 Å². The second-order valence-corrected chi connectivity index (χ2v) is 4.74. The first-order valence-electron chi connectivity index (χ1n) is 5.85. The van der Waals surface area contributed by atoms with E-state index in [-0.39, 0.29) is 6.10 Å². The maximum absolute atomic E-state index is 5.69. The lowest BCUT2D eigenvalue weighted by Gasteiger charge is -2.26. The third-order valence-corrected chi connectivity index (χ3v) is 2.83. The zero-order chi connectivity index (χ0) is 10.7. The predicted molar refractivity (Wildman–Crippen MR) is 56.3 cm³/mol. The highest BCUT2D eigenvalue weighted by Crippen LogP contribution is 2.22. The largest absolute Gasteiger partial charge is 0.348 e. The van der Waals surface area contributed by atoms with E-state index >= 15 is 0 Å². The average Bonchev–Trinajstić information content (AvgIpc) is 2.57. The minimum absolute atomic E-state index is 0.0851. The van der Waals surface area contributed by atoms with Gasteiger partial charge in [-0.05, 0) is 26.7 Å². The lowest BCUT2D eigenvalue weighted by molar-refractivity contribution is -0.201. The van der Waals surface area contributed by atoms with Crippen molar-refractivity contribution in [1.29, 1.82) is 0 Å². The Balaban J connectivity index is 1.65. The Morgan fingerprint density at radius 1 is 1.27 bits per heavy atom. The van der Waals surface area contributed by atoms with Gasteiger partial charge in [0.2, 0.25) is 0 Å². The van der Waals surface area contributed by atoms with Gasteiger partial charge < -0.3 is 9.47 Å². The molecule has 0 radical (unpaired) electrons. The number of nitrogens with zero attached hydrogens (tertiary/aromatic N) is 1. The highest BCUT2D eigenvalue weighted by Gasteiger charge is 2.33. The van der Waals surface area contributed by atoms with Gasteiger partial charge in [-0.3, -0.25) is 4.84 Å². The Kier molecular flexibility index (Phi) is 3.61. The Morgan fingerprint density at radius 2 is 2.00 bits per heavy atom. The summed E-state index contributed by atoms with van der Waals surface area (Å²) in [6, 6.07) is 0. The lowest BCUT2D eigenvalue weighted by Crippen LogP contribution is -2.34. The first-order valence-corrected chi connectivity index (χ1v) is 5.85. The molecule has 15 heavy (non-hydrogen) atoms. The van der Waals surface area contributed by atoms with Crippen LogP contribution in [0.2, 0.25) is 0 Å². The van der Waals surface area contributed by atoms with Gasteiger partial charge in [0.1, 0.15) is 6.10 Å². The van der Waals surface area contributed by atoms with E-state index in [0.717, 1.165) is 13.1 Å². The summed E-state index contributed by atoms with van der Waals surface area (Å²) >= 11 is 0. The number of ether oxygens (including phenoxy) is 2. The zero-order valence-electron chi connectivity index (χ0n) is 9.70. The minimum Gasteiger partial charge on any atom is -0.348 e. The number of rotatable bonds is 3. The zero-order valence-corrected chi connectivity index (χ0v) is 9.70. The summed E-state index contributed by atoms with van der Waals surface area (Å²) in [4.78, 5) is 5.69. The molecule has 0 saturated carbocycles. The van der Waals surface area contributed by atoms with E-state index in [1.165, 1.54) is 19.3 Å². The molecule has 0 aromatic carbocycles. The lowest BCUT2D eigenvalue weighted by atomic mass is 10.2. The Labute approximate surface area is 91.4 Å². The monoisotopic (exact) mass is 215 g/mol. The fraction of sp³-hybridized carbons (Fsp3) is 1.00. The van der Waals surface area contributed by atoms with Gasteiger partial charge in [-0.1, -0.05) is 6.42 Å². The maximum Gasteiger partial charge on any atom is 0.163 e. The molecule has 0 aromatic heterocycles. The van der Waals surface area contributed by atoms with Crippen molar-refractivity contribution in [2.24, 2.45) is 0 Å². The van der Waals surface area contributed by atoms with Gasteiger partial charge in [0, 0.05) is 13.1 Å². The molecule has 4 heteroatoms. The summed E-state index contributed by atoms with van der Waals surface area (Å²) in [6.07, 6.45) is 3.90. The van der Waals surface area contributed by atoms with Crippen LogP contribution in [0.5, 0.6) is 0 Å². The molecule has 0 aromatic rings. The topological polar surface area (TPSA) is 30.9 Å². The van der Waals surface area contributed by atoms with Gasteiger partial charge >= 0.3 is 0 Å². The van der Waals surface area contributed by atoms with Crippen molar-refractivity contribution < 1.29 is 14.3 Å². The third-order valence-electron chi connectivity index (χ3n) is 2.83. The summed E-state index contributed by atoms with van der Waals surface area (Å²) < 4.78 is 11.1. The fourth-order valence-electron chi connectivity index (χ4n) is 2.03. The molecule has 1 atom stereocenters. The predicted octanol–water partition coefficient (Wildman–Crippen LogP) is 1.56. The molecular weight excluding hydrogens is 194 g/mol. The van der Waals surface area contributed by atoms with Crippen LogP contribution in [-0.4, -0.2) is 43.3 Å². The number of hydrogen-bond acceptors (Lipinski definition) is 4. The molecule has 88 valence electrons. The first-order chi connectivity index (χ1) is 7.16. The van der Waals surface area contributed by atoms with E-state index in [4.69, 9.17) is 14.3 Å². The Bertz CT molecular complexity index is 202. The van der Waals surface area contributed by atoms with Crippen LogP contribution in [0.15, 0.2) is 0 Å². The summed E-state index contributed by atoms with van der Waals surface area (Å²) in [6.45, 7) is 7.24. The van der Waals surface area contributed by atoms with Gasteiger partial charge in [0.05, 0.1) is 13.2 Å². The second kappa shape index (κ2) is 4.78. The van der Waals surface area contributed by atoms with E-state index < -0.39 is 5.79 Å². The molecule has 2 heterocycles. The Hall–Kier alpha value is -0.160.